The summed E-state index contributed by atoms with van der Waals surface area (Å²) in [5.74, 6) is 0. The number of nitrogens with two attached hydrogens (primary N) is 2. The van der Waals surface area contributed by atoms with Gasteiger partial charge in [-0.1, -0.05) is 7.43 Å². The van der Waals surface area contributed by atoms with Crippen LogP contribution in [0.1, 0.15) is 26.7 Å². The van der Waals surface area contributed by atoms with Gasteiger partial charge in [0.15, 0.2) is 0 Å². The maximum absolute atomic E-state index is 9.71. The van der Waals surface area contributed by atoms with E-state index in [1.54, 1.807) is 0 Å². The second-order valence-corrected chi connectivity index (χ2v) is 8.49. The molecule has 3 heterocycles. The molecular formula is C24H55N7O3. The molecule has 0 aliphatic carbocycles. The lowest BCUT2D eigenvalue weighted by atomic mass is 10.4. The standard InChI is InChI=1S/C14H30N4O.C5H9NO.C4H12N2O.CH4/c1(7-17-9-10-17)3-15-5-13-19-14-6-16-4-2-8-18-11-12-18;7-5-1-2-6-3-4-6;5-1-3-7-4-2-6;/h15-16H,1-14H2;5H,1-4H2;1-6H2;1H4. The lowest BCUT2D eigenvalue weighted by Gasteiger charge is -2.07. The van der Waals surface area contributed by atoms with Crippen LogP contribution in [0.25, 0.3) is 0 Å². The zero-order chi connectivity index (χ0) is 23.8. The third-order valence-corrected chi connectivity index (χ3v) is 5.21. The zero-order valence-corrected chi connectivity index (χ0v) is 20.9. The summed E-state index contributed by atoms with van der Waals surface area (Å²) in [5, 5.41) is 6.84. The van der Waals surface area contributed by atoms with Crippen LogP contribution in [0.4, 0.5) is 0 Å². The van der Waals surface area contributed by atoms with Gasteiger partial charge in [0.1, 0.15) is 6.29 Å². The van der Waals surface area contributed by atoms with E-state index >= 15 is 0 Å². The van der Waals surface area contributed by atoms with Crippen LogP contribution >= 0.6 is 0 Å². The average molecular weight is 490 g/mol. The van der Waals surface area contributed by atoms with Crippen molar-refractivity contribution >= 4 is 6.29 Å². The maximum atomic E-state index is 9.71. The van der Waals surface area contributed by atoms with Gasteiger partial charge in [-0.2, -0.15) is 0 Å². The minimum atomic E-state index is 0. The van der Waals surface area contributed by atoms with Gasteiger partial charge >= 0.3 is 0 Å². The van der Waals surface area contributed by atoms with E-state index in [0.29, 0.717) is 32.7 Å². The van der Waals surface area contributed by atoms with E-state index in [4.69, 9.17) is 20.9 Å². The highest BCUT2D eigenvalue weighted by atomic mass is 16.5. The molecule has 6 N–H and O–H groups in total. The highest BCUT2D eigenvalue weighted by Gasteiger charge is 2.16. The number of nitrogens with zero attached hydrogens (tertiary/aromatic N) is 3. The SMILES string of the molecule is C.C(CNCCOCCNCCCN1CC1)CN1CC1.NCCOCCN.O=CCCN1CC1. The molecule has 3 aliphatic rings. The van der Waals surface area contributed by atoms with E-state index in [9.17, 15) is 4.79 Å². The topological polar surface area (TPSA) is 121 Å². The van der Waals surface area contributed by atoms with Crippen LogP contribution in [-0.2, 0) is 14.3 Å². The molecule has 0 radical (unpaired) electrons. The largest absolute Gasteiger partial charge is 0.379 e. The molecule has 0 bridgehead atoms. The maximum Gasteiger partial charge on any atom is 0.121 e. The second kappa shape index (κ2) is 25.4. The van der Waals surface area contributed by atoms with Crippen molar-refractivity contribution in [1.29, 1.82) is 0 Å². The van der Waals surface area contributed by atoms with Crippen molar-refractivity contribution in [2.45, 2.75) is 26.7 Å². The second-order valence-electron chi connectivity index (χ2n) is 8.49. The monoisotopic (exact) mass is 489 g/mol. The summed E-state index contributed by atoms with van der Waals surface area (Å²) in [6.45, 7) is 19.4. The molecule has 0 unspecified atom stereocenters. The minimum Gasteiger partial charge on any atom is -0.379 e. The minimum absolute atomic E-state index is 0. The summed E-state index contributed by atoms with van der Waals surface area (Å²) < 4.78 is 10.4. The van der Waals surface area contributed by atoms with Crippen molar-refractivity contribution in [1.82, 2.24) is 25.3 Å². The normalized spacial score (nSPS) is 16.5. The molecule has 204 valence electrons. The van der Waals surface area contributed by atoms with E-state index in [2.05, 4.69) is 25.3 Å². The molecule has 3 rings (SSSR count). The molecule has 0 atom stereocenters. The lowest BCUT2D eigenvalue weighted by molar-refractivity contribution is -0.107. The zero-order valence-electron chi connectivity index (χ0n) is 20.9. The van der Waals surface area contributed by atoms with Crippen LogP contribution in [0.2, 0.25) is 0 Å². The predicted molar refractivity (Wildman–Crippen MR) is 141 cm³/mol. The number of aldehydes is 1. The van der Waals surface area contributed by atoms with Gasteiger partial charge in [0.05, 0.1) is 26.4 Å². The summed E-state index contributed by atoms with van der Waals surface area (Å²) in [4.78, 5) is 16.9. The molecule has 34 heavy (non-hydrogen) atoms. The van der Waals surface area contributed by atoms with Crippen molar-refractivity contribution in [3.05, 3.63) is 0 Å². The fourth-order valence-corrected chi connectivity index (χ4v) is 2.88. The summed E-state index contributed by atoms with van der Waals surface area (Å²) in [6.07, 6.45) is 4.20. The Morgan fingerprint density at radius 3 is 1.44 bits per heavy atom. The first kappa shape index (κ1) is 33.3. The Morgan fingerprint density at radius 1 is 0.647 bits per heavy atom. The van der Waals surface area contributed by atoms with Gasteiger partial charge in [0.25, 0.3) is 0 Å². The molecule has 0 aromatic heterocycles. The first-order chi connectivity index (χ1) is 16.3. The number of carbonyl (C=O) groups is 1. The van der Waals surface area contributed by atoms with Crippen molar-refractivity contribution in [3.8, 4) is 0 Å². The van der Waals surface area contributed by atoms with Crippen LogP contribution in [0.15, 0.2) is 0 Å². The number of carbonyl (C=O) groups excluding carboxylic acids is 1. The molecule has 10 heteroatoms. The predicted octanol–water partition coefficient (Wildman–Crippen LogP) is -0.959. The van der Waals surface area contributed by atoms with Crippen molar-refractivity contribution < 1.29 is 14.3 Å². The van der Waals surface area contributed by atoms with Gasteiger partial charge in [0, 0.05) is 78.4 Å². The molecule has 0 saturated carbocycles. The summed E-state index contributed by atoms with van der Waals surface area (Å²) in [5.41, 5.74) is 10.2. The molecule has 3 saturated heterocycles. The van der Waals surface area contributed by atoms with Gasteiger partial charge < -0.3 is 51.1 Å². The summed E-state index contributed by atoms with van der Waals surface area (Å²) in [7, 11) is 0. The highest BCUT2D eigenvalue weighted by molar-refractivity contribution is 5.49. The Kier molecular flexibility index (Phi) is 24.9. The smallest absolute Gasteiger partial charge is 0.121 e. The fourth-order valence-electron chi connectivity index (χ4n) is 2.88. The number of hydrogen-bond acceptors (Lipinski definition) is 10. The first-order valence-corrected chi connectivity index (χ1v) is 12.9. The van der Waals surface area contributed by atoms with Gasteiger partial charge in [0.2, 0.25) is 0 Å². The summed E-state index contributed by atoms with van der Waals surface area (Å²) >= 11 is 0. The Hall–Kier alpha value is -0.690. The van der Waals surface area contributed by atoms with Crippen LogP contribution < -0.4 is 22.1 Å². The van der Waals surface area contributed by atoms with E-state index < -0.39 is 0 Å². The molecule has 0 amide bonds. The number of rotatable bonds is 21. The third-order valence-electron chi connectivity index (χ3n) is 5.21. The quantitative estimate of drug-likeness (QED) is 0.0911. The Labute approximate surface area is 209 Å². The van der Waals surface area contributed by atoms with Crippen molar-refractivity contribution in [2.24, 2.45) is 11.5 Å². The number of ether oxygens (including phenoxy) is 2. The van der Waals surface area contributed by atoms with Gasteiger partial charge in [-0.15, -0.1) is 0 Å². The van der Waals surface area contributed by atoms with E-state index in [1.165, 1.54) is 65.2 Å². The van der Waals surface area contributed by atoms with Crippen molar-refractivity contribution in [2.75, 3.05) is 125 Å². The van der Waals surface area contributed by atoms with Gasteiger partial charge in [-0.05, 0) is 39.0 Å². The van der Waals surface area contributed by atoms with E-state index in [-0.39, 0.29) is 7.43 Å². The third kappa shape index (κ3) is 27.6. The van der Waals surface area contributed by atoms with E-state index in [0.717, 1.165) is 52.2 Å². The van der Waals surface area contributed by atoms with Crippen LogP contribution in [0.3, 0.4) is 0 Å². The van der Waals surface area contributed by atoms with Crippen molar-refractivity contribution in [3.63, 3.8) is 0 Å². The van der Waals surface area contributed by atoms with Crippen LogP contribution in [0.5, 0.6) is 0 Å². The molecule has 3 fully saturated rings. The fraction of sp³-hybridized carbons (Fsp3) is 0.958. The lowest BCUT2D eigenvalue weighted by Crippen LogP contribution is -2.26. The molecule has 0 spiro atoms. The average Bonchev–Trinajstić information content (AvgIpc) is 3.68. The summed E-state index contributed by atoms with van der Waals surface area (Å²) in [6, 6.07) is 0. The number of hydrogen-bond donors (Lipinski definition) is 4. The molecule has 10 nitrogen and oxygen atoms in total. The molecule has 0 aromatic rings. The molecular weight excluding hydrogens is 434 g/mol. The van der Waals surface area contributed by atoms with E-state index in [1.807, 2.05) is 0 Å². The Bertz CT molecular complexity index is 397. The highest BCUT2D eigenvalue weighted by Crippen LogP contribution is 2.03. The van der Waals surface area contributed by atoms with Gasteiger partial charge in [-0.3, -0.25) is 0 Å². The van der Waals surface area contributed by atoms with Gasteiger partial charge in [-0.25, -0.2) is 0 Å². The molecule has 0 aromatic carbocycles. The van der Waals surface area contributed by atoms with Crippen LogP contribution in [0, 0.1) is 0 Å². The Morgan fingerprint density at radius 2 is 1.06 bits per heavy atom. The Balaban J connectivity index is 0.000000599. The van der Waals surface area contributed by atoms with Crippen LogP contribution in [-0.4, -0.2) is 146 Å². The molecule has 3 aliphatic heterocycles. The first-order valence-electron chi connectivity index (χ1n) is 12.9. The number of nitrogens with one attached hydrogen (secondary N) is 2.